The van der Waals surface area contributed by atoms with E-state index in [9.17, 15) is 10.1 Å². The van der Waals surface area contributed by atoms with Gasteiger partial charge in [-0.2, -0.15) is 5.10 Å². The fourth-order valence-corrected chi connectivity index (χ4v) is 4.33. The summed E-state index contributed by atoms with van der Waals surface area (Å²) in [6.45, 7) is 0. The average molecular weight is 365 g/mol. The molecule has 1 aromatic carbocycles. The van der Waals surface area contributed by atoms with E-state index in [0.717, 1.165) is 23.1 Å². The summed E-state index contributed by atoms with van der Waals surface area (Å²) in [6.07, 6.45) is 9.74. The molecule has 2 heterocycles. The van der Waals surface area contributed by atoms with Crippen molar-refractivity contribution in [2.75, 3.05) is 5.43 Å². The van der Waals surface area contributed by atoms with Crippen LogP contribution in [-0.4, -0.2) is 21.1 Å². The second-order valence-corrected chi connectivity index (χ2v) is 6.91. The SMILES string of the molecule is O=[N+]([O-])c1ccccc1/C=C/C=N\Nc1ncnc2sc3c(c12)CCC3. The van der Waals surface area contributed by atoms with Crippen LogP contribution in [-0.2, 0) is 12.8 Å². The van der Waals surface area contributed by atoms with Crippen LogP contribution in [0.15, 0.2) is 41.8 Å². The molecule has 0 amide bonds. The second kappa shape index (κ2) is 7.01. The van der Waals surface area contributed by atoms with Crippen molar-refractivity contribution in [2.24, 2.45) is 5.10 Å². The van der Waals surface area contributed by atoms with Crippen LogP contribution in [0.5, 0.6) is 0 Å². The van der Waals surface area contributed by atoms with E-state index in [-0.39, 0.29) is 5.69 Å². The number of nitro benzene ring substituents is 1. The molecular weight excluding hydrogens is 350 g/mol. The lowest BCUT2D eigenvalue weighted by Crippen LogP contribution is -1.95. The van der Waals surface area contributed by atoms with Gasteiger partial charge in [-0.3, -0.25) is 15.5 Å². The largest absolute Gasteiger partial charge is 0.276 e. The highest BCUT2D eigenvalue weighted by Gasteiger charge is 2.20. The van der Waals surface area contributed by atoms with Gasteiger partial charge in [0.05, 0.1) is 15.9 Å². The number of thiophene rings is 1. The highest BCUT2D eigenvalue weighted by atomic mass is 32.1. The van der Waals surface area contributed by atoms with Gasteiger partial charge < -0.3 is 0 Å². The van der Waals surface area contributed by atoms with Crippen LogP contribution in [0.4, 0.5) is 11.5 Å². The van der Waals surface area contributed by atoms with Crippen LogP contribution in [0, 0.1) is 10.1 Å². The van der Waals surface area contributed by atoms with Gasteiger partial charge in [-0.1, -0.05) is 12.1 Å². The number of allylic oxidation sites excluding steroid dienone is 1. The maximum Gasteiger partial charge on any atom is 0.276 e. The van der Waals surface area contributed by atoms with Crippen molar-refractivity contribution >= 4 is 45.3 Å². The number of hydrogen-bond donors (Lipinski definition) is 1. The van der Waals surface area contributed by atoms with Crippen molar-refractivity contribution in [1.29, 1.82) is 0 Å². The average Bonchev–Trinajstić information content (AvgIpc) is 3.22. The Bertz CT molecular complexity index is 1040. The fraction of sp³-hybridized carbons (Fsp3) is 0.167. The molecule has 0 unspecified atom stereocenters. The number of anilines is 1. The Labute approximate surface area is 153 Å². The standard InChI is InChI=1S/C18H15N5O2S/c24-23(25)14-8-2-1-5-12(14)6-4-10-21-22-17-16-13-7-3-9-15(13)26-18(16)20-11-19-17/h1-2,4-6,8,10-11H,3,7,9H2,(H,19,20,22)/b6-4+,21-10-. The van der Waals surface area contributed by atoms with E-state index in [1.165, 1.54) is 29.3 Å². The molecule has 0 atom stereocenters. The van der Waals surface area contributed by atoms with Gasteiger partial charge in [-0.05, 0) is 43.0 Å². The van der Waals surface area contributed by atoms with Crippen LogP contribution in [0.25, 0.3) is 16.3 Å². The molecule has 26 heavy (non-hydrogen) atoms. The van der Waals surface area contributed by atoms with Gasteiger partial charge in [0, 0.05) is 17.2 Å². The molecule has 2 aromatic heterocycles. The normalized spacial score (nSPS) is 13.7. The second-order valence-electron chi connectivity index (χ2n) is 5.82. The first kappa shape index (κ1) is 16.3. The van der Waals surface area contributed by atoms with Crippen LogP contribution in [0.1, 0.15) is 22.4 Å². The Hall–Kier alpha value is -3.13. The molecule has 130 valence electrons. The third-order valence-electron chi connectivity index (χ3n) is 4.24. The van der Waals surface area contributed by atoms with E-state index < -0.39 is 4.92 Å². The van der Waals surface area contributed by atoms with E-state index in [2.05, 4.69) is 20.5 Å². The number of rotatable bonds is 5. The third kappa shape index (κ3) is 3.06. The molecule has 0 fully saturated rings. The maximum absolute atomic E-state index is 11.0. The first-order valence-electron chi connectivity index (χ1n) is 8.18. The highest BCUT2D eigenvalue weighted by Crippen LogP contribution is 2.38. The molecule has 8 heteroatoms. The molecule has 1 N–H and O–H groups in total. The summed E-state index contributed by atoms with van der Waals surface area (Å²) in [6, 6.07) is 6.57. The van der Waals surface area contributed by atoms with E-state index in [1.807, 2.05) is 0 Å². The van der Waals surface area contributed by atoms with E-state index in [1.54, 1.807) is 47.9 Å². The number of nitro groups is 1. The van der Waals surface area contributed by atoms with Crippen molar-refractivity contribution < 1.29 is 4.92 Å². The van der Waals surface area contributed by atoms with Gasteiger partial charge in [0.25, 0.3) is 5.69 Å². The summed E-state index contributed by atoms with van der Waals surface area (Å²) in [5.41, 5.74) is 4.90. The number of fused-ring (bicyclic) bond motifs is 3. The van der Waals surface area contributed by atoms with Gasteiger partial charge in [-0.15, -0.1) is 11.3 Å². The molecule has 0 aliphatic heterocycles. The van der Waals surface area contributed by atoms with Crippen molar-refractivity contribution in [3.05, 3.63) is 62.8 Å². The Morgan fingerprint density at radius 2 is 2.15 bits per heavy atom. The number of benzene rings is 1. The zero-order chi connectivity index (χ0) is 17.9. The maximum atomic E-state index is 11.0. The lowest BCUT2D eigenvalue weighted by atomic mass is 10.1. The van der Waals surface area contributed by atoms with Crippen molar-refractivity contribution in [2.45, 2.75) is 19.3 Å². The summed E-state index contributed by atoms with van der Waals surface area (Å²) >= 11 is 1.73. The predicted molar refractivity (Wildman–Crippen MR) is 104 cm³/mol. The minimum Gasteiger partial charge on any atom is -0.261 e. The third-order valence-corrected chi connectivity index (χ3v) is 5.44. The number of hydrazone groups is 1. The topological polar surface area (TPSA) is 93.3 Å². The summed E-state index contributed by atoms with van der Waals surface area (Å²) in [7, 11) is 0. The summed E-state index contributed by atoms with van der Waals surface area (Å²) in [5, 5.41) is 16.2. The molecule has 0 spiro atoms. The predicted octanol–water partition coefficient (Wildman–Crippen LogP) is 4.20. The first-order valence-corrected chi connectivity index (χ1v) is 9.00. The molecule has 1 aliphatic carbocycles. The fourth-order valence-electron chi connectivity index (χ4n) is 3.10. The lowest BCUT2D eigenvalue weighted by molar-refractivity contribution is -0.385. The van der Waals surface area contributed by atoms with Crippen LogP contribution in [0.2, 0.25) is 0 Å². The lowest BCUT2D eigenvalue weighted by Gasteiger charge is -2.02. The quantitative estimate of drug-likeness (QED) is 0.415. The molecule has 0 radical (unpaired) electrons. The highest BCUT2D eigenvalue weighted by molar-refractivity contribution is 7.19. The number of hydrogen-bond acceptors (Lipinski definition) is 7. The molecule has 7 nitrogen and oxygen atoms in total. The Balaban J connectivity index is 1.52. The van der Waals surface area contributed by atoms with Crippen LogP contribution < -0.4 is 5.43 Å². The minimum atomic E-state index is -0.399. The number of nitrogens with zero attached hydrogens (tertiary/aromatic N) is 4. The van der Waals surface area contributed by atoms with Crippen molar-refractivity contribution in [1.82, 2.24) is 9.97 Å². The molecule has 0 saturated carbocycles. The molecule has 4 rings (SSSR count). The molecule has 0 bridgehead atoms. The summed E-state index contributed by atoms with van der Waals surface area (Å²) in [4.78, 5) is 21.6. The summed E-state index contributed by atoms with van der Waals surface area (Å²) < 4.78 is 0. The van der Waals surface area contributed by atoms with Gasteiger partial charge in [0.1, 0.15) is 11.2 Å². The number of para-hydroxylation sites is 1. The molecular formula is C18H15N5O2S. The van der Waals surface area contributed by atoms with Gasteiger partial charge in [0.2, 0.25) is 0 Å². The van der Waals surface area contributed by atoms with E-state index >= 15 is 0 Å². The number of aryl methyl sites for hydroxylation is 2. The monoisotopic (exact) mass is 365 g/mol. The zero-order valence-electron chi connectivity index (χ0n) is 13.8. The Kier molecular flexibility index (Phi) is 4.40. The summed E-state index contributed by atoms with van der Waals surface area (Å²) in [5.74, 6) is 0.699. The van der Waals surface area contributed by atoms with Crippen molar-refractivity contribution in [3.8, 4) is 0 Å². The zero-order valence-corrected chi connectivity index (χ0v) is 14.6. The molecule has 3 aromatic rings. The van der Waals surface area contributed by atoms with E-state index in [0.29, 0.717) is 11.4 Å². The van der Waals surface area contributed by atoms with Gasteiger partial charge >= 0.3 is 0 Å². The van der Waals surface area contributed by atoms with Crippen LogP contribution in [0.3, 0.4) is 0 Å². The molecule has 1 aliphatic rings. The Morgan fingerprint density at radius 1 is 1.27 bits per heavy atom. The molecule has 0 saturated heterocycles. The Morgan fingerprint density at radius 3 is 3.04 bits per heavy atom. The van der Waals surface area contributed by atoms with E-state index in [4.69, 9.17) is 0 Å². The van der Waals surface area contributed by atoms with Crippen LogP contribution >= 0.6 is 11.3 Å². The van der Waals surface area contributed by atoms with Crippen molar-refractivity contribution in [3.63, 3.8) is 0 Å². The van der Waals surface area contributed by atoms with Gasteiger partial charge in [0.15, 0.2) is 5.82 Å². The number of nitrogens with one attached hydrogen (secondary N) is 1. The first-order chi connectivity index (χ1) is 12.7. The van der Waals surface area contributed by atoms with Gasteiger partial charge in [-0.25, -0.2) is 9.97 Å². The minimum absolute atomic E-state index is 0.0662. The smallest absolute Gasteiger partial charge is 0.261 e. The number of aromatic nitrogens is 2.